The Labute approximate surface area is 94.8 Å². The molecule has 0 bridgehead atoms. The van der Waals surface area contributed by atoms with Crippen LogP contribution < -0.4 is 0 Å². The summed E-state index contributed by atoms with van der Waals surface area (Å²) in [4.78, 5) is 22.7. The fourth-order valence-electron chi connectivity index (χ4n) is 2.77. The number of aliphatic hydroxyl groups excluding tert-OH is 1. The second-order valence-corrected chi connectivity index (χ2v) is 5.33. The molecular weight excluding hydrogens is 204 g/mol. The summed E-state index contributed by atoms with van der Waals surface area (Å²) in [6.07, 6.45) is 6.06. The third kappa shape index (κ3) is 1.42. The molecule has 1 spiro atoms. The molecule has 0 radical (unpaired) electrons. The van der Waals surface area contributed by atoms with Gasteiger partial charge in [0.1, 0.15) is 5.76 Å². The molecule has 0 amide bonds. The highest BCUT2D eigenvalue weighted by atomic mass is 16.3. The SMILES string of the molecule is CC1(C)CC(=O)C=C(O)[C@@]12C=CC(=O)CC2. The Balaban J connectivity index is 2.52. The van der Waals surface area contributed by atoms with Crippen LogP contribution in [0, 0.1) is 10.8 Å². The number of hydrogen-bond donors (Lipinski definition) is 1. The van der Waals surface area contributed by atoms with Gasteiger partial charge in [-0.2, -0.15) is 0 Å². The van der Waals surface area contributed by atoms with E-state index in [0.717, 1.165) is 0 Å². The van der Waals surface area contributed by atoms with Crippen LogP contribution in [0.3, 0.4) is 0 Å². The van der Waals surface area contributed by atoms with E-state index in [0.29, 0.717) is 19.3 Å². The number of rotatable bonds is 0. The Morgan fingerprint density at radius 2 is 1.94 bits per heavy atom. The first-order valence-electron chi connectivity index (χ1n) is 5.53. The molecule has 0 aromatic heterocycles. The lowest BCUT2D eigenvalue weighted by Crippen LogP contribution is -2.44. The second kappa shape index (κ2) is 3.30. The van der Waals surface area contributed by atoms with E-state index in [1.54, 1.807) is 6.08 Å². The standard InChI is InChI=1S/C13H16O3/c1-12(2)8-10(15)7-11(16)13(12)5-3-9(14)4-6-13/h3,5,7,16H,4,6,8H2,1-2H3/t13-/m0/s1. The van der Waals surface area contributed by atoms with Crippen LogP contribution in [-0.2, 0) is 9.59 Å². The lowest BCUT2D eigenvalue weighted by Gasteiger charge is -2.47. The van der Waals surface area contributed by atoms with Gasteiger partial charge in [-0.05, 0) is 17.9 Å². The Morgan fingerprint density at radius 1 is 1.25 bits per heavy atom. The Bertz CT molecular complexity index is 415. The zero-order valence-corrected chi connectivity index (χ0v) is 9.62. The lowest BCUT2D eigenvalue weighted by atomic mass is 9.56. The molecule has 0 aliphatic heterocycles. The summed E-state index contributed by atoms with van der Waals surface area (Å²) >= 11 is 0. The molecule has 1 atom stereocenters. The average Bonchev–Trinajstić information content (AvgIpc) is 2.15. The molecule has 86 valence electrons. The molecule has 2 rings (SSSR count). The number of ketones is 2. The normalized spacial score (nSPS) is 33.0. The van der Waals surface area contributed by atoms with E-state index < -0.39 is 5.41 Å². The molecule has 1 N–H and O–H groups in total. The highest BCUT2D eigenvalue weighted by molar-refractivity contribution is 5.94. The summed E-state index contributed by atoms with van der Waals surface area (Å²) in [6.45, 7) is 3.93. The van der Waals surface area contributed by atoms with Gasteiger partial charge >= 0.3 is 0 Å². The van der Waals surface area contributed by atoms with Crippen LogP contribution in [0.2, 0.25) is 0 Å². The molecule has 0 heterocycles. The molecule has 2 aliphatic rings. The summed E-state index contributed by atoms with van der Waals surface area (Å²) in [5.74, 6) is 0.155. The van der Waals surface area contributed by atoms with Gasteiger partial charge < -0.3 is 5.11 Å². The minimum absolute atomic E-state index is 0.0431. The van der Waals surface area contributed by atoms with E-state index in [1.807, 2.05) is 13.8 Å². The maximum Gasteiger partial charge on any atom is 0.159 e. The van der Waals surface area contributed by atoms with Gasteiger partial charge in [-0.15, -0.1) is 0 Å². The van der Waals surface area contributed by atoms with Gasteiger partial charge in [0.05, 0.1) is 5.41 Å². The summed E-state index contributed by atoms with van der Waals surface area (Å²) in [7, 11) is 0. The highest BCUT2D eigenvalue weighted by Gasteiger charge is 2.50. The molecule has 3 heteroatoms. The predicted molar refractivity (Wildman–Crippen MR) is 59.9 cm³/mol. The van der Waals surface area contributed by atoms with Gasteiger partial charge in [0.2, 0.25) is 0 Å². The molecule has 2 aliphatic carbocycles. The van der Waals surface area contributed by atoms with E-state index in [4.69, 9.17) is 0 Å². The van der Waals surface area contributed by atoms with Crippen molar-refractivity contribution in [1.29, 1.82) is 0 Å². The van der Waals surface area contributed by atoms with E-state index in [2.05, 4.69) is 0 Å². The first kappa shape index (κ1) is 11.1. The Hall–Kier alpha value is -1.38. The summed E-state index contributed by atoms with van der Waals surface area (Å²) in [5.41, 5.74) is -0.866. The Morgan fingerprint density at radius 3 is 2.44 bits per heavy atom. The minimum Gasteiger partial charge on any atom is -0.511 e. The van der Waals surface area contributed by atoms with E-state index in [-0.39, 0.29) is 22.7 Å². The molecule has 3 nitrogen and oxygen atoms in total. The van der Waals surface area contributed by atoms with E-state index in [1.165, 1.54) is 12.2 Å². The summed E-state index contributed by atoms with van der Waals surface area (Å²) in [6, 6.07) is 0. The van der Waals surface area contributed by atoms with Crippen molar-refractivity contribution in [2.75, 3.05) is 0 Å². The van der Waals surface area contributed by atoms with Crippen LogP contribution in [0.1, 0.15) is 33.1 Å². The number of aliphatic hydroxyl groups is 1. The van der Waals surface area contributed by atoms with Gasteiger partial charge in [-0.1, -0.05) is 19.9 Å². The van der Waals surface area contributed by atoms with Crippen molar-refractivity contribution in [2.24, 2.45) is 10.8 Å². The van der Waals surface area contributed by atoms with Gasteiger partial charge in [0.25, 0.3) is 0 Å². The van der Waals surface area contributed by atoms with Crippen molar-refractivity contribution in [3.05, 3.63) is 24.0 Å². The number of carbonyl (C=O) groups excluding carboxylic acids is 2. The zero-order chi connectivity index (χ0) is 12.0. The molecule has 0 unspecified atom stereocenters. The molecule has 0 aromatic rings. The second-order valence-electron chi connectivity index (χ2n) is 5.33. The van der Waals surface area contributed by atoms with Crippen molar-refractivity contribution in [2.45, 2.75) is 33.1 Å². The minimum atomic E-state index is -0.533. The fraction of sp³-hybridized carbons (Fsp3) is 0.538. The largest absolute Gasteiger partial charge is 0.511 e. The number of carbonyl (C=O) groups is 2. The molecule has 0 aromatic carbocycles. The van der Waals surface area contributed by atoms with Gasteiger partial charge in [0, 0.05) is 18.9 Å². The maximum absolute atomic E-state index is 11.5. The van der Waals surface area contributed by atoms with Crippen molar-refractivity contribution in [1.82, 2.24) is 0 Å². The van der Waals surface area contributed by atoms with Gasteiger partial charge in [-0.3, -0.25) is 9.59 Å². The highest BCUT2D eigenvalue weighted by Crippen LogP contribution is 2.54. The number of allylic oxidation sites excluding steroid dienone is 3. The van der Waals surface area contributed by atoms with Crippen molar-refractivity contribution < 1.29 is 14.7 Å². The van der Waals surface area contributed by atoms with E-state index >= 15 is 0 Å². The van der Waals surface area contributed by atoms with Crippen LogP contribution in [-0.4, -0.2) is 16.7 Å². The Kier molecular flexibility index (Phi) is 2.30. The monoisotopic (exact) mass is 220 g/mol. The van der Waals surface area contributed by atoms with Crippen molar-refractivity contribution in [3.63, 3.8) is 0 Å². The summed E-state index contributed by atoms with van der Waals surface area (Å²) < 4.78 is 0. The van der Waals surface area contributed by atoms with Crippen LogP contribution >= 0.6 is 0 Å². The predicted octanol–water partition coefficient (Wildman–Crippen LogP) is 2.33. The zero-order valence-electron chi connectivity index (χ0n) is 9.62. The number of hydrogen-bond acceptors (Lipinski definition) is 3. The third-order valence-corrected chi connectivity index (χ3v) is 3.90. The van der Waals surface area contributed by atoms with Crippen LogP contribution in [0.4, 0.5) is 0 Å². The molecule has 0 saturated heterocycles. The molecule has 0 saturated carbocycles. The lowest BCUT2D eigenvalue weighted by molar-refractivity contribution is -0.120. The quantitative estimate of drug-likeness (QED) is 0.681. The third-order valence-electron chi connectivity index (χ3n) is 3.90. The van der Waals surface area contributed by atoms with Crippen LogP contribution in [0.15, 0.2) is 24.0 Å². The van der Waals surface area contributed by atoms with Crippen molar-refractivity contribution >= 4 is 11.6 Å². The smallest absolute Gasteiger partial charge is 0.159 e. The first-order valence-corrected chi connectivity index (χ1v) is 5.53. The average molecular weight is 220 g/mol. The van der Waals surface area contributed by atoms with E-state index in [9.17, 15) is 14.7 Å². The fourth-order valence-corrected chi connectivity index (χ4v) is 2.77. The molecular formula is C13H16O3. The van der Waals surface area contributed by atoms with Crippen molar-refractivity contribution in [3.8, 4) is 0 Å². The van der Waals surface area contributed by atoms with Crippen LogP contribution in [0.5, 0.6) is 0 Å². The molecule has 0 fully saturated rings. The molecule has 16 heavy (non-hydrogen) atoms. The van der Waals surface area contributed by atoms with Gasteiger partial charge in [-0.25, -0.2) is 0 Å². The maximum atomic E-state index is 11.5. The summed E-state index contributed by atoms with van der Waals surface area (Å²) in [5, 5.41) is 10.1. The van der Waals surface area contributed by atoms with Crippen LogP contribution in [0.25, 0.3) is 0 Å². The first-order chi connectivity index (χ1) is 7.37. The van der Waals surface area contributed by atoms with Gasteiger partial charge in [0.15, 0.2) is 11.6 Å². The topological polar surface area (TPSA) is 54.4 Å².